The zero-order valence-corrected chi connectivity index (χ0v) is 12.1. The molecule has 1 N–H and O–H groups in total. The first kappa shape index (κ1) is 14.9. The normalized spacial score (nSPS) is 18.0. The Bertz CT molecular complexity index is 667. The van der Waals surface area contributed by atoms with E-state index in [1.54, 1.807) is 5.38 Å². The summed E-state index contributed by atoms with van der Waals surface area (Å²) in [5.41, 5.74) is -0.607. The van der Waals surface area contributed by atoms with E-state index >= 15 is 0 Å². The average Bonchev–Trinajstić information content (AvgIpc) is 3.12. The number of carbonyl (C=O) groups excluding carboxylic acids is 1. The minimum Gasteiger partial charge on any atom is -0.350 e. The number of hydrogen-bond acceptors (Lipinski definition) is 5. The highest BCUT2D eigenvalue weighted by atomic mass is 32.1. The summed E-state index contributed by atoms with van der Waals surface area (Å²) < 4.78 is 43.0. The third-order valence-electron chi connectivity index (χ3n) is 3.52. The fourth-order valence-corrected chi connectivity index (χ4v) is 2.85. The standard InChI is InChI=1S/C12H12F3N5OS/c13-12(14,15)9-5-20-4-7(1-2-10(20)17-9)3-16-11(21)8-6-22-19-18-8/h5-7H,1-4H2,(H,16,21)/t7-/m1/s1. The topological polar surface area (TPSA) is 72.7 Å². The first-order valence-electron chi connectivity index (χ1n) is 6.62. The second-order valence-corrected chi connectivity index (χ2v) is 5.71. The minimum absolute atomic E-state index is 0.0679. The van der Waals surface area contributed by atoms with Gasteiger partial charge in [0.05, 0.1) is 0 Å². The van der Waals surface area contributed by atoms with Crippen molar-refractivity contribution in [1.29, 1.82) is 0 Å². The molecule has 1 atom stereocenters. The van der Waals surface area contributed by atoms with Gasteiger partial charge in [-0.15, -0.1) is 5.10 Å². The second kappa shape index (κ2) is 5.67. The summed E-state index contributed by atoms with van der Waals surface area (Å²) in [6.07, 6.45) is -2.24. The van der Waals surface area contributed by atoms with Crippen LogP contribution in [0.2, 0.25) is 0 Å². The van der Waals surface area contributed by atoms with Gasteiger partial charge in [0.25, 0.3) is 5.91 Å². The Morgan fingerprint density at radius 3 is 3.00 bits per heavy atom. The van der Waals surface area contributed by atoms with Gasteiger partial charge in [-0.05, 0) is 23.9 Å². The lowest BCUT2D eigenvalue weighted by molar-refractivity contribution is -0.141. The Kier molecular flexibility index (Phi) is 3.85. The maximum atomic E-state index is 12.6. The largest absolute Gasteiger partial charge is 0.434 e. The molecule has 3 heterocycles. The van der Waals surface area contributed by atoms with Crippen LogP contribution in [-0.4, -0.2) is 31.6 Å². The van der Waals surface area contributed by atoms with Crippen LogP contribution in [0.5, 0.6) is 0 Å². The van der Waals surface area contributed by atoms with Crippen molar-refractivity contribution in [2.45, 2.75) is 25.6 Å². The molecule has 0 saturated heterocycles. The molecule has 0 fully saturated rings. The van der Waals surface area contributed by atoms with Crippen LogP contribution in [0.1, 0.15) is 28.4 Å². The molecule has 6 nitrogen and oxygen atoms in total. The van der Waals surface area contributed by atoms with Crippen molar-refractivity contribution < 1.29 is 18.0 Å². The fraction of sp³-hybridized carbons (Fsp3) is 0.500. The number of hydrogen-bond donors (Lipinski definition) is 1. The number of amides is 1. The molecule has 1 aliphatic heterocycles. The van der Waals surface area contributed by atoms with Gasteiger partial charge in [-0.2, -0.15) is 13.2 Å². The van der Waals surface area contributed by atoms with Crippen molar-refractivity contribution in [3.8, 4) is 0 Å². The summed E-state index contributed by atoms with van der Waals surface area (Å²) in [5, 5.41) is 7.94. The number of nitrogens with one attached hydrogen (secondary N) is 1. The SMILES string of the molecule is O=C(NC[C@H]1CCc2nc(C(F)(F)F)cn2C1)c1csnn1. The number of fused-ring (bicyclic) bond motifs is 1. The van der Waals surface area contributed by atoms with Gasteiger partial charge in [-0.25, -0.2) is 4.98 Å². The van der Waals surface area contributed by atoms with Gasteiger partial charge in [0.1, 0.15) is 5.82 Å². The van der Waals surface area contributed by atoms with E-state index in [9.17, 15) is 18.0 Å². The molecule has 1 aliphatic rings. The molecule has 0 aliphatic carbocycles. The predicted octanol–water partition coefficient (Wildman–Crippen LogP) is 1.75. The van der Waals surface area contributed by atoms with Gasteiger partial charge < -0.3 is 9.88 Å². The quantitative estimate of drug-likeness (QED) is 0.930. The van der Waals surface area contributed by atoms with Crippen LogP contribution < -0.4 is 5.32 Å². The lowest BCUT2D eigenvalue weighted by Crippen LogP contribution is -2.33. The first-order valence-corrected chi connectivity index (χ1v) is 7.45. The van der Waals surface area contributed by atoms with E-state index in [4.69, 9.17) is 0 Å². The highest BCUT2D eigenvalue weighted by molar-refractivity contribution is 7.03. The van der Waals surface area contributed by atoms with Gasteiger partial charge in [0, 0.05) is 31.1 Å². The van der Waals surface area contributed by atoms with Crippen molar-refractivity contribution in [2.75, 3.05) is 6.54 Å². The average molecular weight is 331 g/mol. The van der Waals surface area contributed by atoms with Crippen molar-refractivity contribution >= 4 is 17.4 Å². The molecule has 0 bridgehead atoms. The van der Waals surface area contributed by atoms with Crippen LogP contribution in [-0.2, 0) is 19.1 Å². The molecule has 0 spiro atoms. The molecule has 2 aromatic rings. The molecular weight excluding hydrogens is 319 g/mol. The molecule has 3 rings (SSSR count). The Balaban J connectivity index is 1.60. The van der Waals surface area contributed by atoms with Crippen LogP contribution >= 0.6 is 11.5 Å². The Morgan fingerprint density at radius 1 is 1.50 bits per heavy atom. The van der Waals surface area contributed by atoms with Gasteiger partial charge in [-0.1, -0.05) is 4.49 Å². The van der Waals surface area contributed by atoms with E-state index < -0.39 is 11.9 Å². The van der Waals surface area contributed by atoms with Gasteiger partial charge in [-0.3, -0.25) is 4.79 Å². The summed E-state index contributed by atoms with van der Waals surface area (Å²) in [5.74, 6) is 0.193. The van der Waals surface area contributed by atoms with E-state index in [-0.39, 0.29) is 17.5 Å². The highest BCUT2D eigenvalue weighted by Gasteiger charge is 2.35. The van der Waals surface area contributed by atoms with Crippen molar-refractivity contribution in [3.05, 3.63) is 28.8 Å². The summed E-state index contributed by atoms with van der Waals surface area (Å²) in [6, 6.07) is 0. The van der Waals surface area contributed by atoms with E-state index in [0.717, 1.165) is 17.7 Å². The maximum Gasteiger partial charge on any atom is 0.434 e. The number of alkyl halides is 3. The Labute approximate surface area is 127 Å². The van der Waals surface area contributed by atoms with Crippen molar-refractivity contribution in [1.82, 2.24) is 24.5 Å². The Hall–Kier alpha value is -1.97. The second-order valence-electron chi connectivity index (χ2n) is 5.10. The van der Waals surface area contributed by atoms with E-state index in [2.05, 4.69) is 19.9 Å². The van der Waals surface area contributed by atoms with E-state index in [1.807, 2.05) is 0 Å². The summed E-state index contributed by atoms with van der Waals surface area (Å²) in [4.78, 5) is 15.4. The zero-order valence-electron chi connectivity index (χ0n) is 11.3. The van der Waals surface area contributed by atoms with Crippen LogP contribution in [0.15, 0.2) is 11.6 Å². The third-order valence-corrected chi connectivity index (χ3v) is 4.03. The molecule has 0 aromatic carbocycles. The number of imidazole rings is 1. The first-order chi connectivity index (χ1) is 10.4. The number of rotatable bonds is 3. The monoisotopic (exact) mass is 331 g/mol. The van der Waals surface area contributed by atoms with Gasteiger partial charge in [0.15, 0.2) is 11.4 Å². The van der Waals surface area contributed by atoms with Crippen molar-refractivity contribution in [2.24, 2.45) is 5.92 Å². The molecular formula is C12H12F3N5OS. The van der Waals surface area contributed by atoms with E-state index in [0.29, 0.717) is 31.8 Å². The third kappa shape index (κ3) is 3.11. The number of nitrogens with zero attached hydrogens (tertiary/aromatic N) is 4. The number of aryl methyl sites for hydroxylation is 1. The minimum atomic E-state index is -4.42. The van der Waals surface area contributed by atoms with Gasteiger partial charge >= 0.3 is 6.18 Å². The molecule has 10 heteroatoms. The molecule has 0 radical (unpaired) electrons. The summed E-state index contributed by atoms with van der Waals surface area (Å²) in [7, 11) is 0. The summed E-state index contributed by atoms with van der Waals surface area (Å²) in [6.45, 7) is 0.795. The molecule has 1 amide bonds. The molecule has 118 valence electrons. The maximum absolute atomic E-state index is 12.6. The lowest BCUT2D eigenvalue weighted by Gasteiger charge is -2.23. The number of halogens is 3. The number of aromatic nitrogens is 4. The molecule has 22 heavy (non-hydrogen) atoms. The van der Waals surface area contributed by atoms with Crippen LogP contribution in [0.25, 0.3) is 0 Å². The van der Waals surface area contributed by atoms with Crippen molar-refractivity contribution in [3.63, 3.8) is 0 Å². The van der Waals surface area contributed by atoms with E-state index in [1.165, 1.54) is 4.57 Å². The highest BCUT2D eigenvalue weighted by Crippen LogP contribution is 2.30. The molecule has 0 unspecified atom stereocenters. The zero-order chi connectivity index (χ0) is 15.7. The number of carbonyl (C=O) groups is 1. The Morgan fingerprint density at radius 2 is 2.32 bits per heavy atom. The summed E-state index contributed by atoms with van der Waals surface area (Å²) >= 11 is 1.08. The van der Waals surface area contributed by atoms with Crippen LogP contribution in [0.4, 0.5) is 13.2 Å². The van der Waals surface area contributed by atoms with Crippen LogP contribution in [0, 0.1) is 5.92 Å². The molecule has 2 aromatic heterocycles. The molecule has 0 saturated carbocycles. The van der Waals surface area contributed by atoms with Crippen LogP contribution in [0.3, 0.4) is 0 Å². The predicted molar refractivity (Wildman–Crippen MR) is 71.3 cm³/mol. The van der Waals surface area contributed by atoms with Gasteiger partial charge in [0.2, 0.25) is 0 Å². The smallest absolute Gasteiger partial charge is 0.350 e. The lowest BCUT2D eigenvalue weighted by atomic mass is 9.99. The fourth-order valence-electron chi connectivity index (χ4n) is 2.41.